The monoisotopic (exact) mass is 342 g/mol. The van der Waals surface area contributed by atoms with Crippen LogP contribution in [0, 0.1) is 0 Å². The number of carbonyl (C=O) groups excluding carboxylic acids is 2. The molecule has 0 saturated heterocycles. The predicted molar refractivity (Wildman–Crippen MR) is 80.4 cm³/mol. The smallest absolute Gasteiger partial charge is 0.259 e. The normalized spacial score (nSPS) is 10.6. The van der Waals surface area contributed by atoms with Crippen LogP contribution in [0.1, 0.15) is 23.7 Å². The van der Waals surface area contributed by atoms with E-state index in [9.17, 15) is 9.59 Å². The van der Waals surface area contributed by atoms with Gasteiger partial charge in [0, 0.05) is 11.0 Å². The summed E-state index contributed by atoms with van der Waals surface area (Å²) in [6.45, 7) is 3.21. The maximum Gasteiger partial charge on any atom is 0.259 e. The minimum absolute atomic E-state index is 0.00847. The van der Waals surface area contributed by atoms with Gasteiger partial charge in [0.05, 0.1) is 18.7 Å². The molecular weight excluding hydrogens is 324 g/mol. The molecule has 0 aliphatic carbocycles. The molecule has 0 fully saturated rings. The van der Waals surface area contributed by atoms with Gasteiger partial charge in [-0.25, -0.2) is 0 Å². The first-order chi connectivity index (χ1) is 9.58. The van der Waals surface area contributed by atoms with E-state index in [4.69, 9.17) is 5.11 Å². The predicted octanol–water partition coefficient (Wildman–Crippen LogP) is 1.41. The van der Waals surface area contributed by atoms with Crippen LogP contribution < -0.4 is 5.32 Å². The molecule has 0 aliphatic rings. The van der Waals surface area contributed by atoms with Gasteiger partial charge in [-0.3, -0.25) is 19.8 Å². The number of hydrogen-bond donors (Lipinski definition) is 2. The van der Waals surface area contributed by atoms with Crippen molar-refractivity contribution in [2.45, 2.75) is 13.3 Å². The zero-order valence-corrected chi connectivity index (χ0v) is 13.0. The summed E-state index contributed by atoms with van der Waals surface area (Å²) in [6, 6.07) is 6.92. The van der Waals surface area contributed by atoms with E-state index in [2.05, 4.69) is 21.2 Å². The highest BCUT2D eigenvalue weighted by Crippen LogP contribution is 2.15. The summed E-state index contributed by atoms with van der Waals surface area (Å²) in [5.74, 6) is -0.796. The van der Waals surface area contributed by atoms with Gasteiger partial charge in [-0.15, -0.1) is 0 Å². The van der Waals surface area contributed by atoms with Gasteiger partial charge < -0.3 is 5.11 Å². The lowest BCUT2D eigenvalue weighted by atomic mass is 10.2. The van der Waals surface area contributed by atoms with Crippen LogP contribution in [0.3, 0.4) is 0 Å². The molecule has 0 aromatic heterocycles. The standard InChI is InChI=1S/C14H19BrN2O3/c1-2-7-17(8-9-18)10-13(19)16-14(20)11-5-3-4-6-12(11)15/h3-6,18H,2,7-10H2,1H3,(H,16,19,20). The Kier molecular flexibility index (Phi) is 7.43. The maximum atomic E-state index is 11.9. The Labute approximate surface area is 127 Å². The average molecular weight is 343 g/mol. The number of aliphatic hydroxyl groups is 1. The number of carbonyl (C=O) groups is 2. The molecule has 0 aliphatic heterocycles. The minimum atomic E-state index is -0.428. The van der Waals surface area contributed by atoms with Crippen molar-refractivity contribution >= 4 is 27.7 Å². The van der Waals surface area contributed by atoms with Gasteiger partial charge in [-0.05, 0) is 41.0 Å². The van der Waals surface area contributed by atoms with Crippen molar-refractivity contribution in [2.75, 3.05) is 26.2 Å². The summed E-state index contributed by atoms with van der Waals surface area (Å²) >= 11 is 3.27. The van der Waals surface area contributed by atoms with E-state index in [-0.39, 0.29) is 19.1 Å². The number of amides is 2. The quantitative estimate of drug-likeness (QED) is 0.786. The lowest BCUT2D eigenvalue weighted by Gasteiger charge is -2.19. The number of aliphatic hydroxyl groups excluding tert-OH is 1. The van der Waals surface area contributed by atoms with E-state index in [0.29, 0.717) is 23.1 Å². The third-order valence-corrected chi connectivity index (χ3v) is 3.39. The summed E-state index contributed by atoms with van der Waals surface area (Å²) in [4.78, 5) is 25.6. The van der Waals surface area contributed by atoms with Crippen LogP contribution in [0.2, 0.25) is 0 Å². The molecule has 6 heteroatoms. The van der Waals surface area contributed by atoms with Crippen molar-refractivity contribution in [2.24, 2.45) is 0 Å². The van der Waals surface area contributed by atoms with Gasteiger partial charge >= 0.3 is 0 Å². The first-order valence-corrected chi connectivity index (χ1v) is 7.29. The van der Waals surface area contributed by atoms with E-state index in [1.807, 2.05) is 11.8 Å². The molecule has 5 nitrogen and oxygen atoms in total. The van der Waals surface area contributed by atoms with E-state index < -0.39 is 5.91 Å². The van der Waals surface area contributed by atoms with Crippen molar-refractivity contribution in [3.63, 3.8) is 0 Å². The largest absolute Gasteiger partial charge is 0.395 e. The second-order valence-electron chi connectivity index (χ2n) is 4.36. The number of hydrogen-bond acceptors (Lipinski definition) is 4. The Morgan fingerprint density at radius 3 is 2.60 bits per heavy atom. The van der Waals surface area contributed by atoms with Crippen LogP contribution in [-0.4, -0.2) is 48.1 Å². The number of nitrogens with zero attached hydrogens (tertiary/aromatic N) is 1. The van der Waals surface area contributed by atoms with Gasteiger partial charge in [0.1, 0.15) is 0 Å². The highest BCUT2D eigenvalue weighted by atomic mass is 79.9. The Bertz CT molecular complexity index is 459. The number of benzene rings is 1. The molecule has 0 radical (unpaired) electrons. The van der Waals surface area contributed by atoms with E-state index in [0.717, 1.165) is 6.42 Å². The molecule has 0 bridgehead atoms. The number of imide groups is 1. The van der Waals surface area contributed by atoms with E-state index in [1.165, 1.54) is 0 Å². The maximum absolute atomic E-state index is 11.9. The third kappa shape index (κ3) is 5.40. The topological polar surface area (TPSA) is 69.6 Å². The summed E-state index contributed by atoms with van der Waals surface area (Å²) in [5.41, 5.74) is 0.421. The minimum Gasteiger partial charge on any atom is -0.395 e. The molecule has 0 atom stereocenters. The molecule has 0 unspecified atom stereocenters. The van der Waals surface area contributed by atoms with Crippen LogP contribution in [0.4, 0.5) is 0 Å². The Hall–Kier alpha value is -1.24. The number of nitrogens with one attached hydrogen (secondary N) is 1. The zero-order valence-electron chi connectivity index (χ0n) is 11.4. The molecule has 1 aromatic carbocycles. The molecule has 1 rings (SSSR count). The highest BCUT2D eigenvalue weighted by molar-refractivity contribution is 9.10. The fraction of sp³-hybridized carbons (Fsp3) is 0.429. The molecule has 0 spiro atoms. The van der Waals surface area contributed by atoms with E-state index >= 15 is 0 Å². The Balaban J connectivity index is 2.57. The van der Waals surface area contributed by atoms with Gasteiger partial charge in [0.25, 0.3) is 5.91 Å². The van der Waals surface area contributed by atoms with Crippen LogP contribution in [0.5, 0.6) is 0 Å². The average Bonchev–Trinajstić information content (AvgIpc) is 2.39. The third-order valence-electron chi connectivity index (χ3n) is 2.69. The molecule has 1 aromatic rings. The van der Waals surface area contributed by atoms with Crippen LogP contribution in [-0.2, 0) is 4.79 Å². The molecular formula is C14H19BrN2O3. The Morgan fingerprint density at radius 1 is 1.30 bits per heavy atom. The molecule has 2 amide bonds. The molecule has 110 valence electrons. The van der Waals surface area contributed by atoms with Crippen molar-refractivity contribution in [1.29, 1.82) is 0 Å². The lowest BCUT2D eigenvalue weighted by Crippen LogP contribution is -2.41. The van der Waals surface area contributed by atoms with Crippen molar-refractivity contribution in [1.82, 2.24) is 10.2 Å². The highest BCUT2D eigenvalue weighted by Gasteiger charge is 2.15. The van der Waals surface area contributed by atoms with Gasteiger partial charge in [0.2, 0.25) is 5.91 Å². The van der Waals surface area contributed by atoms with Gasteiger partial charge in [-0.2, -0.15) is 0 Å². The van der Waals surface area contributed by atoms with Gasteiger partial charge in [-0.1, -0.05) is 19.1 Å². The molecule has 20 heavy (non-hydrogen) atoms. The second-order valence-corrected chi connectivity index (χ2v) is 5.21. The fourth-order valence-corrected chi connectivity index (χ4v) is 2.27. The Morgan fingerprint density at radius 2 is 2.00 bits per heavy atom. The molecule has 0 saturated carbocycles. The summed E-state index contributed by atoms with van der Waals surface area (Å²) in [7, 11) is 0. The summed E-state index contributed by atoms with van der Waals surface area (Å²) in [6.07, 6.45) is 0.880. The van der Waals surface area contributed by atoms with Crippen LogP contribution >= 0.6 is 15.9 Å². The lowest BCUT2D eigenvalue weighted by molar-refractivity contribution is -0.121. The number of rotatable bonds is 7. The SMILES string of the molecule is CCCN(CCO)CC(=O)NC(=O)c1ccccc1Br. The number of halogens is 1. The molecule has 0 heterocycles. The van der Waals surface area contributed by atoms with Gasteiger partial charge in [0.15, 0.2) is 0 Å². The van der Waals surface area contributed by atoms with Crippen molar-refractivity contribution < 1.29 is 14.7 Å². The van der Waals surface area contributed by atoms with E-state index in [1.54, 1.807) is 24.3 Å². The summed E-state index contributed by atoms with van der Waals surface area (Å²) < 4.78 is 0.645. The van der Waals surface area contributed by atoms with Crippen LogP contribution in [0.15, 0.2) is 28.7 Å². The fourth-order valence-electron chi connectivity index (χ4n) is 1.81. The van der Waals surface area contributed by atoms with Crippen molar-refractivity contribution in [3.8, 4) is 0 Å². The van der Waals surface area contributed by atoms with Crippen LogP contribution in [0.25, 0.3) is 0 Å². The zero-order chi connectivity index (χ0) is 15.0. The van der Waals surface area contributed by atoms with Crippen molar-refractivity contribution in [3.05, 3.63) is 34.3 Å². The first-order valence-electron chi connectivity index (χ1n) is 6.50. The second kappa shape index (κ2) is 8.84. The first kappa shape index (κ1) is 16.8. The summed E-state index contributed by atoms with van der Waals surface area (Å²) in [5, 5.41) is 11.3. The molecule has 2 N–H and O–H groups in total.